The minimum Gasteiger partial charge on any atom is -0.465 e. The number of Topliss-reactive ketones (excluding diaryl/α,β-unsaturated/α-hetero) is 1. The maximum Gasteiger partial charge on any atom is 0.316 e. The third-order valence-corrected chi connectivity index (χ3v) is 2.93. The Morgan fingerprint density at radius 3 is 2.83 bits per heavy atom. The van der Waals surface area contributed by atoms with Crippen molar-refractivity contribution in [2.75, 3.05) is 6.61 Å². The Bertz CT molecular complexity index is 234. The standard InChI is InChI=1S/C9H12O3/c1-5-2-3-6-4-12-9(11)7(6)8(5)10/h5-7H,2-4H2,1H3/t5?,6-,7+/m0/s1. The third-order valence-electron chi connectivity index (χ3n) is 2.93. The molecule has 12 heavy (non-hydrogen) atoms. The van der Waals surface area contributed by atoms with E-state index in [1.807, 2.05) is 6.92 Å². The maximum atomic E-state index is 11.5. The zero-order valence-electron chi connectivity index (χ0n) is 7.08. The van der Waals surface area contributed by atoms with Gasteiger partial charge in [-0.2, -0.15) is 0 Å². The lowest BCUT2D eigenvalue weighted by Gasteiger charge is -2.24. The second-order valence-electron chi connectivity index (χ2n) is 3.75. The largest absolute Gasteiger partial charge is 0.465 e. The number of ketones is 1. The van der Waals surface area contributed by atoms with Gasteiger partial charge in [-0.3, -0.25) is 9.59 Å². The Labute approximate surface area is 71.1 Å². The van der Waals surface area contributed by atoms with Gasteiger partial charge < -0.3 is 4.74 Å². The molecule has 0 aromatic rings. The SMILES string of the molecule is CC1CC[C@H]2COC(=O)[C@H]2C1=O. The highest BCUT2D eigenvalue weighted by atomic mass is 16.5. The van der Waals surface area contributed by atoms with Crippen LogP contribution in [0.15, 0.2) is 0 Å². The Balaban J connectivity index is 2.22. The van der Waals surface area contributed by atoms with Crippen LogP contribution in [0.25, 0.3) is 0 Å². The minimum atomic E-state index is -0.422. The number of rotatable bonds is 0. The molecule has 66 valence electrons. The minimum absolute atomic E-state index is 0.0527. The molecule has 3 atom stereocenters. The van der Waals surface area contributed by atoms with Crippen molar-refractivity contribution in [2.24, 2.45) is 17.8 Å². The van der Waals surface area contributed by atoms with Gasteiger partial charge in [0.1, 0.15) is 11.7 Å². The van der Waals surface area contributed by atoms with Crippen LogP contribution in [0, 0.1) is 17.8 Å². The number of hydrogen-bond donors (Lipinski definition) is 0. The molecule has 0 N–H and O–H groups in total. The summed E-state index contributed by atoms with van der Waals surface area (Å²) in [5.41, 5.74) is 0. The second-order valence-corrected chi connectivity index (χ2v) is 3.75. The lowest BCUT2D eigenvalue weighted by atomic mass is 9.75. The van der Waals surface area contributed by atoms with E-state index in [9.17, 15) is 9.59 Å². The quantitative estimate of drug-likeness (QED) is 0.396. The second kappa shape index (κ2) is 2.57. The van der Waals surface area contributed by atoms with E-state index in [4.69, 9.17) is 4.74 Å². The number of hydrogen-bond acceptors (Lipinski definition) is 3. The van der Waals surface area contributed by atoms with Crippen molar-refractivity contribution in [3.05, 3.63) is 0 Å². The van der Waals surface area contributed by atoms with Crippen LogP contribution in [0.2, 0.25) is 0 Å². The van der Waals surface area contributed by atoms with Crippen molar-refractivity contribution in [2.45, 2.75) is 19.8 Å². The van der Waals surface area contributed by atoms with Crippen molar-refractivity contribution < 1.29 is 14.3 Å². The van der Waals surface area contributed by atoms with E-state index in [0.29, 0.717) is 6.61 Å². The molecule has 1 aliphatic heterocycles. The van der Waals surface area contributed by atoms with Crippen molar-refractivity contribution in [3.8, 4) is 0 Å². The first-order chi connectivity index (χ1) is 5.70. The molecule has 0 aromatic heterocycles. The highest BCUT2D eigenvalue weighted by molar-refractivity contribution is 6.01. The molecule has 2 rings (SSSR count). The first-order valence-electron chi connectivity index (χ1n) is 4.40. The summed E-state index contributed by atoms with van der Waals surface area (Å²) in [6, 6.07) is 0. The molecule has 1 saturated heterocycles. The number of ether oxygens (including phenoxy) is 1. The molecule has 0 amide bonds. The lowest BCUT2D eigenvalue weighted by Crippen LogP contribution is -2.34. The van der Waals surface area contributed by atoms with E-state index in [0.717, 1.165) is 12.8 Å². The van der Waals surface area contributed by atoms with Crippen molar-refractivity contribution in [1.29, 1.82) is 0 Å². The monoisotopic (exact) mass is 168 g/mol. The Kier molecular flexibility index (Phi) is 1.67. The predicted octanol–water partition coefficient (Wildman–Crippen LogP) is 0.775. The molecule has 3 nitrogen and oxygen atoms in total. The van der Waals surface area contributed by atoms with Gasteiger partial charge in [0.25, 0.3) is 0 Å². The zero-order chi connectivity index (χ0) is 8.72. The third kappa shape index (κ3) is 0.958. The van der Waals surface area contributed by atoms with Gasteiger partial charge in [0.2, 0.25) is 0 Å². The fourth-order valence-electron chi connectivity index (χ4n) is 2.08. The Morgan fingerprint density at radius 1 is 1.33 bits per heavy atom. The molecule has 2 fully saturated rings. The fourth-order valence-corrected chi connectivity index (χ4v) is 2.08. The van der Waals surface area contributed by atoms with Crippen LogP contribution >= 0.6 is 0 Å². The van der Waals surface area contributed by atoms with Gasteiger partial charge in [0, 0.05) is 11.8 Å². The molecule has 3 heteroatoms. The van der Waals surface area contributed by atoms with E-state index >= 15 is 0 Å². The molecule has 1 saturated carbocycles. The molecule has 1 aliphatic carbocycles. The number of esters is 1. The fraction of sp³-hybridized carbons (Fsp3) is 0.778. The summed E-state index contributed by atoms with van der Waals surface area (Å²) in [6.45, 7) is 2.35. The van der Waals surface area contributed by atoms with E-state index in [1.54, 1.807) is 0 Å². The van der Waals surface area contributed by atoms with Crippen molar-refractivity contribution >= 4 is 11.8 Å². The van der Waals surface area contributed by atoms with Gasteiger partial charge in [-0.25, -0.2) is 0 Å². The van der Waals surface area contributed by atoms with Crippen LogP contribution < -0.4 is 0 Å². The summed E-state index contributed by atoms with van der Waals surface area (Å²) in [4.78, 5) is 22.6. The van der Waals surface area contributed by atoms with Crippen LogP contribution in [-0.2, 0) is 14.3 Å². The Morgan fingerprint density at radius 2 is 2.08 bits per heavy atom. The zero-order valence-corrected chi connectivity index (χ0v) is 7.08. The first-order valence-corrected chi connectivity index (χ1v) is 4.40. The van der Waals surface area contributed by atoms with Gasteiger partial charge in [-0.05, 0) is 12.8 Å². The molecule has 0 spiro atoms. The van der Waals surface area contributed by atoms with E-state index < -0.39 is 5.92 Å². The molecular formula is C9H12O3. The average Bonchev–Trinajstić information content (AvgIpc) is 2.41. The summed E-state index contributed by atoms with van der Waals surface area (Å²) in [7, 11) is 0. The van der Waals surface area contributed by atoms with Gasteiger partial charge in [0.15, 0.2) is 0 Å². The normalized spacial score (nSPS) is 40.9. The average molecular weight is 168 g/mol. The van der Waals surface area contributed by atoms with Gasteiger partial charge in [-0.1, -0.05) is 6.92 Å². The number of carbonyl (C=O) groups excluding carboxylic acids is 2. The van der Waals surface area contributed by atoms with Crippen LogP contribution in [0.5, 0.6) is 0 Å². The highest BCUT2D eigenvalue weighted by Crippen LogP contribution is 2.35. The smallest absolute Gasteiger partial charge is 0.316 e. The number of fused-ring (bicyclic) bond motifs is 1. The first kappa shape index (κ1) is 7.77. The van der Waals surface area contributed by atoms with E-state index in [2.05, 4.69) is 0 Å². The number of cyclic esters (lactones) is 1. The van der Waals surface area contributed by atoms with Crippen LogP contribution in [0.1, 0.15) is 19.8 Å². The molecular weight excluding hydrogens is 156 g/mol. The summed E-state index contributed by atoms with van der Waals surface area (Å²) in [5.74, 6) is -0.392. The lowest BCUT2D eigenvalue weighted by molar-refractivity contribution is -0.146. The predicted molar refractivity (Wildman–Crippen MR) is 41.3 cm³/mol. The van der Waals surface area contributed by atoms with Crippen molar-refractivity contribution in [3.63, 3.8) is 0 Å². The topological polar surface area (TPSA) is 43.4 Å². The Hall–Kier alpha value is -0.860. The van der Waals surface area contributed by atoms with Gasteiger partial charge >= 0.3 is 5.97 Å². The summed E-state index contributed by atoms with van der Waals surface area (Å²) in [6.07, 6.45) is 1.87. The van der Waals surface area contributed by atoms with Crippen molar-refractivity contribution in [1.82, 2.24) is 0 Å². The summed E-state index contributed by atoms with van der Waals surface area (Å²) >= 11 is 0. The van der Waals surface area contributed by atoms with Crippen LogP contribution in [-0.4, -0.2) is 18.4 Å². The van der Waals surface area contributed by atoms with Crippen LogP contribution in [0.3, 0.4) is 0 Å². The summed E-state index contributed by atoms with van der Waals surface area (Å²) < 4.78 is 4.86. The van der Waals surface area contributed by atoms with E-state index in [-0.39, 0.29) is 23.6 Å². The summed E-state index contributed by atoms with van der Waals surface area (Å²) in [5, 5.41) is 0. The molecule has 1 unspecified atom stereocenters. The van der Waals surface area contributed by atoms with Crippen LogP contribution in [0.4, 0.5) is 0 Å². The van der Waals surface area contributed by atoms with Gasteiger partial charge in [0.05, 0.1) is 6.61 Å². The van der Waals surface area contributed by atoms with E-state index in [1.165, 1.54) is 0 Å². The molecule has 1 heterocycles. The molecule has 0 bridgehead atoms. The molecule has 0 aromatic carbocycles. The highest BCUT2D eigenvalue weighted by Gasteiger charge is 2.46. The number of carbonyl (C=O) groups is 2. The molecule has 2 aliphatic rings. The molecule has 0 radical (unpaired) electrons. The maximum absolute atomic E-state index is 11.5. The van der Waals surface area contributed by atoms with Gasteiger partial charge in [-0.15, -0.1) is 0 Å².